The predicted octanol–water partition coefficient (Wildman–Crippen LogP) is 0.469. The van der Waals surface area contributed by atoms with Crippen molar-refractivity contribution in [1.29, 1.82) is 0 Å². The van der Waals surface area contributed by atoms with E-state index >= 15 is 0 Å². The first-order valence-corrected chi connectivity index (χ1v) is 5.47. The van der Waals surface area contributed by atoms with Crippen molar-refractivity contribution in [2.75, 3.05) is 11.1 Å². The largest absolute Gasteiger partial charge is 0.368 e. The lowest BCUT2D eigenvalue weighted by Gasteiger charge is -2.03. The Bertz CT molecular complexity index is 532. The second-order valence-electron chi connectivity index (χ2n) is 2.81. The lowest BCUT2D eigenvalue weighted by molar-refractivity contribution is 0.986. The van der Waals surface area contributed by atoms with Gasteiger partial charge in [-0.25, -0.2) is 0 Å². The number of hydrogen-bond acceptors (Lipinski definition) is 7. The van der Waals surface area contributed by atoms with Crippen LogP contribution < -0.4 is 15.9 Å². The van der Waals surface area contributed by atoms with Crippen molar-refractivity contribution in [3.8, 4) is 0 Å². The van der Waals surface area contributed by atoms with Crippen LogP contribution in [0.5, 0.6) is 0 Å². The Labute approximate surface area is 98.7 Å². The third kappa shape index (κ3) is 2.67. The fraction of sp³-hybridized carbons (Fsp3) is 0.143. The van der Waals surface area contributed by atoms with Crippen LogP contribution in [0.1, 0.15) is 5.69 Å². The minimum atomic E-state index is -0.106. The summed E-state index contributed by atoms with van der Waals surface area (Å²) in [4.78, 5) is 24.7. The number of halogens is 1. The molecule has 0 spiro atoms. The van der Waals surface area contributed by atoms with Crippen molar-refractivity contribution in [3.63, 3.8) is 0 Å². The highest BCUT2D eigenvalue weighted by Crippen LogP contribution is 2.07. The minimum Gasteiger partial charge on any atom is -0.368 e. The van der Waals surface area contributed by atoms with E-state index in [1.54, 1.807) is 5.38 Å². The third-order valence-corrected chi connectivity index (χ3v) is 2.52. The van der Waals surface area contributed by atoms with Crippen LogP contribution in [0.4, 0.5) is 11.9 Å². The molecule has 0 saturated heterocycles. The Morgan fingerprint density at radius 3 is 2.94 bits per heavy atom. The molecule has 2 aromatic heterocycles. The number of hydrogen-bond donors (Lipinski definition) is 3. The molecule has 0 aliphatic heterocycles. The Balaban J connectivity index is 2.07. The first-order valence-electron chi connectivity index (χ1n) is 4.21. The van der Waals surface area contributed by atoms with Crippen molar-refractivity contribution in [2.45, 2.75) is 6.54 Å². The minimum absolute atomic E-state index is 0.0220. The summed E-state index contributed by atoms with van der Waals surface area (Å²) >= 11 is 6.69. The van der Waals surface area contributed by atoms with Crippen LogP contribution in [0.25, 0.3) is 0 Å². The van der Waals surface area contributed by atoms with Gasteiger partial charge in [-0.2, -0.15) is 15.0 Å². The first kappa shape index (κ1) is 10.8. The molecule has 2 rings (SSSR count). The van der Waals surface area contributed by atoms with Crippen LogP contribution in [-0.4, -0.2) is 19.9 Å². The number of nitrogens with two attached hydrogens (primary N) is 1. The molecule has 0 saturated carbocycles. The summed E-state index contributed by atoms with van der Waals surface area (Å²) in [5.74, 6) is 0.311. The maximum atomic E-state index is 10.9. The average molecular weight is 259 g/mol. The van der Waals surface area contributed by atoms with Gasteiger partial charge in [0, 0.05) is 11.1 Å². The van der Waals surface area contributed by atoms with Crippen molar-refractivity contribution < 1.29 is 0 Å². The van der Waals surface area contributed by atoms with E-state index in [1.807, 2.05) is 0 Å². The summed E-state index contributed by atoms with van der Waals surface area (Å²) in [6.07, 6.45) is 0. The second kappa shape index (κ2) is 4.45. The number of anilines is 2. The zero-order chi connectivity index (χ0) is 11.5. The number of nitrogen functional groups attached to an aromatic ring is 1. The molecule has 84 valence electrons. The van der Waals surface area contributed by atoms with Crippen molar-refractivity contribution in [2.24, 2.45) is 0 Å². The van der Waals surface area contributed by atoms with E-state index in [2.05, 4.69) is 25.3 Å². The molecule has 9 heteroatoms. The standard InChI is InChI=1S/C7H7ClN6OS/c8-4-12-5(9)14-6(13-4)10-1-3-2-16-7(15)11-3/h2H,1H2,(H,11,15)(H3,9,10,12,13,14). The number of aromatic amines is 1. The summed E-state index contributed by atoms with van der Waals surface area (Å²) in [6, 6.07) is 0. The van der Waals surface area contributed by atoms with Crippen molar-refractivity contribution in [1.82, 2.24) is 19.9 Å². The zero-order valence-corrected chi connectivity index (χ0v) is 9.47. The van der Waals surface area contributed by atoms with Gasteiger partial charge in [-0.1, -0.05) is 11.3 Å². The fourth-order valence-electron chi connectivity index (χ4n) is 1.02. The van der Waals surface area contributed by atoms with Crippen LogP contribution in [-0.2, 0) is 6.54 Å². The maximum absolute atomic E-state index is 10.9. The van der Waals surface area contributed by atoms with Crippen LogP contribution in [0.3, 0.4) is 0 Å². The maximum Gasteiger partial charge on any atom is 0.304 e. The monoisotopic (exact) mass is 258 g/mol. The molecule has 0 atom stereocenters. The third-order valence-electron chi connectivity index (χ3n) is 1.63. The molecular weight excluding hydrogens is 252 g/mol. The molecule has 4 N–H and O–H groups in total. The molecule has 0 aromatic carbocycles. The number of nitrogens with zero attached hydrogens (tertiary/aromatic N) is 3. The lowest BCUT2D eigenvalue weighted by Crippen LogP contribution is -2.08. The van der Waals surface area contributed by atoms with Gasteiger partial charge in [0.2, 0.25) is 17.2 Å². The van der Waals surface area contributed by atoms with Gasteiger partial charge in [-0.3, -0.25) is 4.79 Å². The first-order chi connectivity index (χ1) is 7.63. The normalized spacial score (nSPS) is 10.3. The van der Waals surface area contributed by atoms with E-state index < -0.39 is 0 Å². The Morgan fingerprint density at radius 1 is 1.50 bits per heavy atom. The number of rotatable bonds is 3. The van der Waals surface area contributed by atoms with E-state index in [9.17, 15) is 4.79 Å². The van der Waals surface area contributed by atoms with E-state index in [-0.39, 0.29) is 22.1 Å². The molecular formula is C7H7ClN6OS. The number of nitrogens with one attached hydrogen (secondary N) is 2. The number of aromatic nitrogens is 4. The van der Waals surface area contributed by atoms with Crippen LogP contribution in [0.15, 0.2) is 10.2 Å². The predicted molar refractivity (Wildman–Crippen MR) is 61.5 cm³/mol. The molecule has 0 aliphatic carbocycles. The molecule has 0 fully saturated rings. The highest BCUT2D eigenvalue weighted by atomic mass is 35.5. The van der Waals surface area contributed by atoms with Gasteiger partial charge < -0.3 is 16.0 Å². The quantitative estimate of drug-likeness (QED) is 0.738. The van der Waals surface area contributed by atoms with Gasteiger partial charge in [-0.05, 0) is 11.6 Å². The van der Waals surface area contributed by atoms with Crippen molar-refractivity contribution >= 4 is 34.8 Å². The number of thiazole rings is 1. The molecule has 0 unspecified atom stereocenters. The summed E-state index contributed by atoms with van der Waals surface area (Å²) in [7, 11) is 0. The van der Waals surface area contributed by atoms with Crippen molar-refractivity contribution in [3.05, 3.63) is 26.0 Å². The highest BCUT2D eigenvalue weighted by molar-refractivity contribution is 7.07. The molecule has 2 heterocycles. The summed E-state index contributed by atoms with van der Waals surface area (Å²) in [5, 5.41) is 4.60. The van der Waals surface area contributed by atoms with E-state index in [0.717, 1.165) is 17.0 Å². The fourth-order valence-corrected chi connectivity index (χ4v) is 1.77. The van der Waals surface area contributed by atoms with Crippen LogP contribution >= 0.6 is 22.9 Å². The zero-order valence-electron chi connectivity index (χ0n) is 7.90. The van der Waals surface area contributed by atoms with Gasteiger partial charge in [-0.15, -0.1) is 0 Å². The average Bonchev–Trinajstić information content (AvgIpc) is 2.60. The smallest absolute Gasteiger partial charge is 0.304 e. The molecule has 16 heavy (non-hydrogen) atoms. The van der Waals surface area contributed by atoms with Crippen LogP contribution in [0.2, 0.25) is 5.28 Å². The van der Waals surface area contributed by atoms with E-state index in [0.29, 0.717) is 6.54 Å². The number of H-pyrrole nitrogens is 1. The highest BCUT2D eigenvalue weighted by Gasteiger charge is 2.02. The molecule has 2 aromatic rings. The molecule has 0 radical (unpaired) electrons. The Morgan fingerprint density at radius 2 is 2.31 bits per heavy atom. The lowest BCUT2D eigenvalue weighted by atomic mass is 10.5. The molecule has 0 amide bonds. The molecule has 7 nitrogen and oxygen atoms in total. The Hall–Kier alpha value is -1.67. The van der Waals surface area contributed by atoms with Gasteiger partial charge in [0.1, 0.15) is 0 Å². The van der Waals surface area contributed by atoms with Gasteiger partial charge in [0.25, 0.3) is 0 Å². The summed E-state index contributed by atoms with van der Waals surface area (Å²) in [6.45, 7) is 0.387. The molecule has 0 aliphatic rings. The van der Waals surface area contributed by atoms with Crippen LogP contribution in [0, 0.1) is 0 Å². The second-order valence-corrected chi connectivity index (χ2v) is 3.99. The Kier molecular flexibility index (Phi) is 3.02. The molecule has 0 bridgehead atoms. The van der Waals surface area contributed by atoms with E-state index in [4.69, 9.17) is 17.3 Å². The van der Waals surface area contributed by atoms with Gasteiger partial charge in [0.15, 0.2) is 0 Å². The summed E-state index contributed by atoms with van der Waals surface area (Å²) in [5.41, 5.74) is 6.13. The summed E-state index contributed by atoms with van der Waals surface area (Å²) < 4.78 is 0. The van der Waals surface area contributed by atoms with Gasteiger partial charge in [0.05, 0.1) is 6.54 Å². The SMILES string of the molecule is Nc1nc(Cl)nc(NCc2csc(=O)[nH]2)n1. The van der Waals surface area contributed by atoms with E-state index in [1.165, 1.54) is 0 Å². The van der Waals surface area contributed by atoms with Gasteiger partial charge >= 0.3 is 4.87 Å². The topological polar surface area (TPSA) is 110 Å².